The van der Waals surface area contributed by atoms with Crippen molar-refractivity contribution in [2.24, 2.45) is 11.1 Å². The summed E-state index contributed by atoms with van der Waals surface area (Å²) in [6, 6.07) is 0. The molecule has 0 bridgehead atoms. The fourth-order valence-electron chi connectivity index (χ4n) is 2.15. The Hall–Kier alpha value is -0.0600. The normalized spacial score (nSPS) is 28.3. The first-order valence-electron chi connectivity index (χ1n) is 6.50. The van der Waals surface area contributed by atoms with Crippen LogP contribution in [-0.4, -0.2) is 16.5 Å². The number of aromatic nitrogens is 1. The second-order valence-electron chi connectivity index (χ2n) is 6.95. The molecular formula is C14H24N2S2. The van der Waals surface area contributed by atoms with E-state index in [9.17, 15) is 0 Å². The minimum Gasteiger partial charge on any atom is -0.318 e. The lowest BCUT2D eigenvalue weighted by Gasteiger charge is -2.46. The summed E-state index contributed by atoms with van der Waals surface area (Å²) in [5, 5.41) is 3.30. The molecule has 2 N–H and O–H groups in total. The van der Waals surface area contributed by atoms with Gasteiger partial charge >= 0.3 is 0 Å². The molecule has 2 heterocycles. The third kappa shape index (κ3) is 2.35. The molecule has 18 heavy (non-hydrogen) atoms. The van der Waals surface area contributed by atoms with E-state index in [1.54, 1.807) is 11.3 Å². The molecule has 1 fully saturated rings. The molecular weight excluding hydrogens is 260 g/mol. The number of hydrogen-bond acceptors (Lipinski definition) is 4. The van der Waals surface area contributed by atoms with Crippen molar-refractivity contribution in [2.75, 3.05) is 11.5 Å². The monoisotopic (exact) mass is 284 g/mol. The van der Waals surface area contributed by atoms with Crippen LogP contribution in [0.1, 0.15) is 51.7 Å². The Morgan fingerprint density at radius 3 is 2.50 bits per heavy atom. The van der Waals surface area contributed by atoms with Crippen molar-refractivity contribution in [2.45, 2.75) is 52.0 Å². The lowest BCUT2D eigenvalue weighted by molar-refractivity contribution is 0.175. The summed E-state index contributed by atoms with van der Waals surface area (Å²) in [6.45, 7) is 11.2. The van der Waals surface area contributed by atoms with Crippen LogP contribution < -0.4 is 5.73 Å². The first-order valence-corrected chi connectivity index (χ1v) is 8.53. The quantitative estimate of drug-likeness (QED) is 0.853. The van der Waals surface area contributed by atoms with Gasteiger partial charge < -0.3 is 5.73 Å². The molecule has 0 aromatic carbocycles. The van der Waals surface area contributed by atoms with Gasteiger partial charge in [0.15, 0.2) is 0 Å². The molecule has 1 atom stereocenters. The van der Waals surface area contributed by atoms with E-state index in [0.717, 1.165) is 10.8 Å². The summed E-state index contributed by atoms with van der Waals surface area (Å²) in [5.74, 6) is 2.19. The van der Waals surface area contributed by atoms with Crippen molar-refractivity contribution in [1.82, 2.24) is 4.98 Å². The van der Waals surface area contributed by atoms with Gasteiger partial charge in [-0.1, -0.05) is 34.6 Å². The highest BCUT2D eigenvalue weighted by molar-refractivity contribution is 7.99. The summed E-state index contributed by atoms with van der Waals surface area (Å²) in [6.07, 6.45) is 1.17. The number of nitrogens with zero attached hydrogens (tertiary/aromatic N) is 1. The molecule has 4 heteroatoms. The zero-order chi connectivity index (χ0) is 13.6. The number of thiazole rings is 1. The van der Waals surface area contributed by atoms with Crippen molar-refractivity contribution in [3.8, 4) is 0 Å². The molecule has 0 spiro atoms. The Morgan fingerprint density at radius 2 is 2.00 bits per heavy atom. The van der Waals surface area contributed by atoms with Gasteiger partial charge in [0, 0.05) is 16.5 Å². The van der Waals surface area contributed by atoms with Gasteiger partial charge in [0.05, 0.1) is 11.2 Å². The standard InChI is InChI=1S/C14H24N2S2/c1-12(2,3)10-8-18-11(16-10)14(15)9-17-7-6-13(14,4)5/h8H,6-7,9,15H2,1-5H3. The molecule has 0 aliphatic carbocycles. The van der Waals surface area contributed by atoms with E-state index in [1.807, 2.05) is 11.8 Å². The minimum atomic E-state index is -0.274. The number of hydrogen-bond donors (Lipinski definition) is 1. The predicted octanol–water partition coefficient (Wildman–Crippen LogP) is 3.76. The lowest BCUT2D eigenvalue weighted by Crippen LogP contribution is -2.54. The number of rotatable bonds is 1. The van der Waals surface area contributed by atoms with Gasteiger partial charge in [-0.25, -0.2) is 4.98 Å². The molecule has 0 radical (unpaired) electrons. The summed E-state index contributed by atoms with van der Waals surface area (Å²) in [7, 11) is 0. The molecule has 102 valence electrons. The SMILES string of the molecule is CC(C)(C)c1csc(C2(N)CSCCC2(C)C)n1. The predicted molar refractivity (Wildman–Crippen MR) is 82.4 cm³/mol. The molecule has 1 aromatic rings. The van der Waals surface area contributed by atoms with Crippen molar-refractivity contribution >= 4 is 23.1 Å². The van der Waals surface area contributed by atoms with Gasteiger partial charge in [-0.2, -0.15) is 11.8 Å². The Bertz CT molecular complexity index is 431. The van der Waals surface area contributed by atoms with Crippen LogP contribution in [0.5, 0.6) is 0 Å². The van der Waals surface area contributed by atoms with Crippen LogP contribution in [0, 0.1) is 5.41 Å². The van der Waals surface area contributed by atoms with Crippen LogP contribution in [0.4, 0.5) is 0 Å². The first-order chi connectivity index (χ1) is 8.17. The van der Waals surface area contributed by atoms with Crippen LogP contribution in [0.15, 0.2) is 5.38 Å². The Labute approximate surface area is 119 Å². The number of nitrogens with two attached hydrogens (primary N) is 1. The molecule has 0 amide bonds. The van der Waals surface area contributed by atoms with Gasteiger partial charge in [0.1, 0.15) is 5.01 Å². The maximum atomic E-state index is 6.74. The third-order valence-electron chi connectivity index (χ3n) is 4.06. The fourth-order valence-corrected chi connectivity index (χ4v) is 5.23. The Kier molecular flexibility index (Phi) is 3.58. The van der Waals surface area contributed by atoms with Crippen molar-refractivity contribution in [3.63, 3.8) is 0 Å². The van der Waals surface area contributed by atoms with Crippen molar-refractivity contribution < 1.29 is 0 Å². The molecule has 1 saturated heterocycles. The summed E-state index contributed by atoms with van der Waals surface area (Å²) in [5.41, 5.74) is 7.87. The number of thioether (sulfide) groups is 1. The topological polar surface area (TPSA) is 38.9 Å². The zero-order valence-electron chi connectivity index (χ0n) is 12.0. The van der Waals surface area contributed by atoms with E-state index in [0.29, 0.717) is 0 Å². The van der Waals surface area contributed by atoms with Crippen molar-refractivity contribution in [3.05, 3.63) is 16.1 Å². The molecule has 1 unspecified atom stereocenters. The highest BCUT2D eigenvalue weighted by Gasteiger charge is 2.47. The van der Waals surface area contributed by atoms with Crippen LogP contribution in [-0.2, 0) is 11.0 Å². The molecule has 2 nitrogen and oxygen atoms in total. The molecule has 1 aromatic heterocycles. The van der Waals surface area contributed by atoms with Gasteiger partial charge in [0.25, 0.3) is 0 Å². The average molecular weight is 284 g/mol. The van der Waals surface area contributed by atoms with E-state index in [2.05, 4.69) is 40.0 Å². The minimum absolute atomic E-state index is 0.108. The second kappa shape index (κ2) is 4.50. The zero-order valence-corrected chi connectivity index (χ0v) is 13.7. The largest absolute Gasteiger partial charge is 0.318 e. The third-order valence-corrected chi connectivity index (χ3v) is 6.24. The summed E-state index contributed by atoms with van der Waals surface area (Å²) in [4.78, 5) is 4.85. The molecule has 1 aliphatic rings. The molecule has 1 aliphatic heterocycles. The molecule has 2 rings (SSSR count). The van der Waals surface area contributed by atoms with Crippen LogP contribution >= 0.6 is 23.1 Å². The molecule has 0 saturated carbocycles. The van der Waals surface area contributed by atoms with Crippen LogP contribution in [0.25, 0.3) is 0 Å². The maximum absolute atomic E-state index is 6.74. The van der Waals surface area contributed by atoms with Crippen LogP contribution in [0.3, 0.4) is 0 Å². The van der Waals surface area contributed by atoms with E-state index in [1.165, 1.54) is 17.9 Å². The Morgan fingerprint density at radius 1 is 1.33 bits per heavy atom. The second-order valence-corrected chi connectivity index (χ2v) is 8.91. The Balaban J connectivity index is 2.38. The highest BCUT2D eigenvalue weighted by atomic mass is 32.2. The van der Waals surface area contributed by atoms with E-state index in [-0.39, 0.29) is 16.4 Å². The lowest BCUT2D eigenvalue weighted by atomic mass is 9.72. The van der Waals surface area contributed by atoms with E-state index in [4.69, 9.17) is 10.7 Å². The highest BCUT2D eigenvalue weighted by Crippen LogP contribution is 2.47. The first kappa shape index (κ1) is 14.4. The smallest absolute Gasteiger partial charge is 0.114 e. The van der Waals surface area contributed by atoms with Gasteiger partial charge in [-0.15, -0.1) is 11.3 Å². The van der Waals surface area contributed by atoms with Gasteiger partial charge in [0.2, 0.25) is 0 Å². The van der Waals surface area contributed by atoms with E-state index >= 15 is 0 Å². The van der Waals surface area contributed by atoms with E-state index < -0.39 is 0 Å². The fraction of sp³-hybridized carbons (Fsp3) is 0.786. The summed E-state index contributed by atoms with van der Waals surface area (Å²) >= 11 is 3.69. The maximum Gasteiger partial charge on any atom is 0.114 e. The van der Waals surface area contributed by atoms with Gasteiger partial charge in [-0.3, -0.25) is 0 Å². The van der Waals surface area contributed by atoms with Gasteiger partial charge in [-0.05, 0) is 17.6 Å². The van der Waals surface area contributed by atoms with Crippen LogP contribution in [0.2, 0.25) is 0 Å². The average Bonchev–Trinajstić information content (AvgIpc) is 2.71. The summed E-state index contributed by atoms with van der Waals surface area (Å²) < 4.78 is 0. The van der Waals surface area contributed by atoms with Crippen molar-refractivity contribution in [1.29, 1.82) is 0 Å².